The van der Waals surface area contributed by atoms with E-state index in [1.807, 2.05) is 0 Å². The summed E-state index contributed by atoms with van der Waals surface area (Å²) in [6, 6.07) is 1.48. The number of nitrogens with zero attached hydrogens (tertiary/aromatic N) is 2. The van der Waals surface area contributed by atoms with Gasteiger partial charge in [0.1, 0.15) is 24.9 Å². The van der Waals surface area contributed by atoms with Crippen LogP contribution >= 0.6 is 0 Å². The van der Waals surface area contributed by atoms with Crippen molar-refractivity contribution in [3.8, 4) is 0 Å². The van der Waals surface area contributed by atoms with Crippen LogP contribution in [0, 0.1) is 0 Å². The highest BCUT2D eigenvalue weighted by Crippen LogP contribution is 2.27. The predicted octanol–water partition coefficient (Wildman–Crippen LogP) is -1.56. The van der Waals surface area contributed by atoms with Gasteiger partial charge in [-0.1, -0.05) is 0 Å². The van der Waals surface area contributed by atoms with E-state index in [2.05, 4.69) is 4.98 Å². The molecule has 0 amide bonds. The molecule has 0 spiro atoms. The Morgan fingerprint density at radius 3 is 3.11 bits per heavy atom. The van der Waals surface area contributed by atoms with Gasteiger partial charge in [0.15, 0.2) is 0 Å². The van der Waals surface area contributed by atoms with E-state index in [-0.39, 0.29) is 18.8 Å². The SMILES string of the molecule is Nc1ccn(C2CC(O)C(COCO)O2)c(=O)n1. The molecule has 1 aromatic rings. The number of aliphatic hydroxyl groups excluding tert-OH is 2. The zero-order chi connectivity index (χ0) is 13.1. The van der Waals surface area contributed by atoms with E-state index in [9.17, 15) is 9.90 Å². The van der Waals surface area contributed by atoms with Gasteiger partial charge in [-0.3, -0.25) is 4.57 Å². The van der Waals surface area contributed by atoms with Crippen LogP contribution in [0.4, 0.5) is 5.82 Å². The summed E-state index contributed by atoms with van der Waals surface area (Å²) in [4.78, 5) is 15.2. The number of nitrogens with two attached hydrogens (primary N) is 1. The number of anilines is 1. The molecule has 1 fully saturated rings. The lowest BCUT2D eigenvalue weighted by Gasteiger charge is -2.15. The number of aromatic nitrogens is 2. The van der Waals surface area contributed by atoms with Crippen molar-refractivity contribution < 1.29 is 19.7 Å². The first-order valence-corrected chi connectivity index (χ1v) is 5.48. The van der Waals surface area contributed by atoms with Gasteiger partial charge < -0.3 is 25.4 Å². The molecule has 1 aliphatic rings. The van der Waals surface area contributed by atoms with Crippen molar-refractivity contribution >= 4 is 5.82 Å². The molecule has 8 heteroatoms. The smallest absolute Gasteiger partial charge is 0.351 e. The molecule has 2 heterocycles. The molecule has 1 aliphatic heterocycles. The van der Waals surface area contributed by atoms with E-state index in [0.717, 1.165) is 0 Å². The fourth-order valence-corrected chi connectivity index (χ4v) is 1.85. The third kappa shape index (κ3) is 2.67. The van der Waals surface area contributed by atoms with Crippen LogP contribution in [0.15, 0.2) is 17.1 Å². The Hall–Kier alpha value is -1.48. The zero-order valence-electron chi connectivity index (χ0n) is 9.60. The quantitative estimate of drug-likeness (QED) is 0.558. The van der Waals surface area contributed by atoms with Crippen LogP contribution in [0.25, 0.3) is 0 Å². The summed E-state index contributed by atoms with van der Waals surface area (Å²) in [6.45, 7) is -0.383. The van der Waals surface area contributed by atoms with Crippen molar-refractivity contribution in [3.63, 3.8) is 0 Å². The Labute approximate surface area is 103 Å². The summed E-state index contributed by atoms with van der Waals surface area (Å²) in [5.74, 6) is 0.134. The lowest BCUT2D eigenvalue weighted by atomic mass is 10.2. The van der Waals surface area contributed by atoms with Gasteiger partial charge in [-0.2, -0.15) is 4.98 Å². The van der Waals surface area contributed by atoms with E-state index in [1.165, 1.54) is 16.8 Å². The second-order valence-corrected chi connectivity index (χ2v) is 3.97. The standard InChI is InChI=1S/C10H15N3O5/c11-8-1-2-13(10(16)12-8)9-3-6(15)7(18-9)4-17-5-14/h1-2,6-7,9,14-15H,3-5H2,(H2,11,12,16). The molecule has 100 valence electrons. The minimum absolute atomic E-state index is 0.0608. The van der Waals surface area contributed by atoms with Crippen LogP contribution < -0.4 is 11.4 Å². The summed E-state index contributed by atoms with van der Waals surface area (Å²) in [7, 11) is 0. The second-order valence-electron chi connectivity index (χ2n) is 3.97. The van der Waals surface area contributed by atoms with Crippen LogP contribution in [0.5, 0.6) is 0 Å². The van der Waals surface area contributed by atoms with E-state index in [1.54, 1.807) is 0 Å². The Morgan fingerprint density at radius 1 is 1.67 bits per heavy atom. The Bertz CT molecular complexity index is 463. The molecule has 18 heavy (non-hydrogen) atoms. The van der Waals surface area contributed by atoms with Gasteiger partial charge in [-0.15, -0.1) is 0 Å². The topological polar surface area (TPSA) is 120 Å². The molecule has 0 aliphatic carbocycles. The molecule has 0 saturated carbocycles. The highest BCUT2D eigenvalue weighted by atomic mass is 16.6. The summed E-state index contributed by atoms with van der Waals surface area (Å²) < 4.78 is 11.5. The molecular formula is C10H15N3O5. The van der Waals surface area contributed by atoms with Crippen LogP contribution in [0.1, 0.15) is 12.6 Å². The van der Waals surface area contributed by atoms with E-state index in [4.69, 9.17) is 20.3 Å². The van der Waals surface area contributed by atoms with Gasteiger partial charge in [0.25, 0.3) is 0 Å². The summed E-state index contributed by atoms with van der Waals surface area (Å²) in [5.41, 5.74) is 4.85. The maximum atomic E-state index is 11.6. The number of nitrogen functional groups attached to an aromatic ring is 1. The average Bonchev–Trinajstić information content (AvgIpc) is 2.68. The number of rotatable bonds is 4. The van der Waals surface area contributed by atoms with Crippen LogP contribution in [-0.2, 0) is 9.47 Å². The number of aliphatic hydroxyl groups is 2. The van der Waals surface area contributed by atoms with Gasteiger partial charge >= 0.3 is 5.69 Å². The lowest BCUT2D eigenvalue weighted by molar-refractivity contribution is -0.0923. The summed E-state index contributed by atoms with van der Waals surface area (Å²) >= 11 is 0. The predicted molar refractivity (Wildman–Crippen MR) is 60.5 cm³/mol. The minimum Gasteiger partial charge on any atom is -0.390 e. The fraction of sp³-hybridized carbons (Fsp3) is 0.600. The largest absolute Gasteiger partial charge is 0.390 e. The van der Waals surface area contributed by atoms with Crippen molar-refractivity contribution in [2.24, 2.45) is 0 Å². The third-order valence-electron chi connectivity index (χ3n) is 2.74. The molecule has 3 unspecified atom stereocenters. The first-order valence-electron chi connectivity index (χ1n) is 5.48. The average molecular weight is 257 g/mol. The van der Waals surface area contributed by atoms with Gasteiger partial charge in [0.05, 0.1) is 12.7 Å². The van der Waals surface area contributed by atoms with E-state index < -0.39 is 30.9 Å². The molecule has 0 bridgehead atoms. The van der Waals surface area contributed by atoms with Crippen molar-refractivity contribution in [2.45, 2.75) is 24.9 Å². The van der Waals surface area contributed by atoms with E-state index >= 15 is 0 Å². The molecular weight excluding hydrogens is 242 g/mol. The van der Waals surface area contributed by atoms with Gasteiger partial charge in [0, 0.05) is 12.6 Å². The summed E-state index contributed by atoms with van der Waals surface area (Å²) in [6.07, 6.45) is -0.215. The normalized spacial score (nSPS) is 27.6. The molecule has 1 aromatic heterocycles. The molecule has 0 aromatic carbocycles. The molecule has 0 radical (unpaired) electrons. The number of hydrogen-bond acceptors (Lipinski definition) is 7. The van der Waals surface area contributed by atoms with Crippen LogP contribution in [0.2, 0.25) is 0 Å². The number of hydrogen-bond donors (Lipinski definition) is 3. The van der Waals surface area contributed by atoms with Gasteiger partial charge in [-0.25, -0.2) is 4.79 Å². The van der Waals surface area contributed by atoms with Crippen LogP contribution in [0.3, 0.4) is 0 Å². The highest BCUT2D eigenvalue weighted by Gasteiger charge is 2.35. The van der Waals surface area contributed by atoms with Crippen LogP contribution in [-0.4, -0.2) is 45.4 Å². The Morgan fingerprint density at radius 2 is 2.44 bits per heavy atom. The van der Waals surface area contributed by atoms with E-state index in [0.29, 0.717) is 0 Å². The second kappa shape index (κ2) is 5.44. The van der Waals surface area contributed by atoms with Crippen molar-refractivity contribution in [1.82, 2.24) is 9.55 Å². The van der Waals surface area contributed by atoms with Crippen molar-refractivity contribution in [3.05, 3.63) is 22.7 Å². The van der Waals surface area contributed by atoms with Crippen molar-refractivity contribution in [2.75, 3.05) is 19.1 Å². The zero-order valence-corrected chi connectivity index (χ0v) is 9.60. The maximum Gasteiger partial charge on any atom is 0.351 e. The Kier molecular flexibility index (Phi) is 3.92. The molecule has 4 N–H and O–H groups in total. The van der Waals surface area contributed by atoms with Gasteiger partial charge in [0.2, 0.25) is 0 Å². The summed E-state index contributed by atoms with van der Waals surface area (Å²) in [5, 5.41) is 18.3. The maximum absolute atomic E-state index is 11.6. The molecule has 3 atom stereocenters. The first-order chi connectivity index (χ1) is 8.61. The molecule has 2 rings (SSSR count). The molecule has 8 nitrogen and oxygen atoms in total. The third-order valence-corrected chi connectivity index (χ3v) is 2.74. The lowest BCUT2D eigenvalue weighted by Crippen LogP contribution is -2.28. The first kappa shape index (κ1) is 13.0. The highest BCUT2D eigenvalue weighted by molar-refractivity contribution is 5.23. The monoisotopic (exact) mass is 257 g/mol. The minimum atomic E-state index is -0.758. The van der Waals surface area contributed by atoms with Gasteiger partial charge in [-0.05, 0) is 6.07 Å². The Balaban J connectivity index is 2.09. The number of ether oxygens (including phenoxy) is 2. The fourth-order valence-electron chi connectivity index (χ4n) is 1.85. The van der Waals surface area contributed by atoms with Crippen molar-refractivity contribution in [1.29, 1.82) is 0 Å². The molecule has 1 saturated heterocycles.